The molecule has 0 saturated carbocycles. The van der Waals surface area contributed by atoms with E-state index in [-0.39, 0.29) is 25.9 Å². The van der Waals surface area contributed by atoms with E-state index in [1.165, 1.54) is 6.20 Å². The fourth-order valence-electron chi connectivity index (χ4n) is 6.23. The molecule has 3 aromatic carbocycles. The number of β-amino-alcohol motifs (C(OH)–C–C–N with tert-alkyl or cyclic N) is 1. The third-order valence-corrected chi connectivity index (χ3v) is 10.0. The third-order valence-electron chi connectivity index (χ3n) is 9.35. The van der Waals surface area contributed by atoms with Crippen LogP contribution >= 0.6 is 23.2 Å². The summed E-state index contributed by atoms with van der Waals surface area (Å²) in [6.07, 6.45) is 4.60. The highest BCUT2D eigenvalue weighted by molar-refractivity contribution is 6.35. The van der Waals surface area contributed by atoms with Gasteiger partial charge in [0.1, 0.15) is 36.5 Å². The molecule has 268 valence electrons. The van der Waals surface area contributed by atoms with Crippen LogP contribution in [0.4, 0.5) is 0 Å². The van der Waals surface area contributed by atoms with Gasteiger partial charge in [0, 0.05) is 61.3 Å². The van der Waals surface area contributed by atoms with Crippen LogP contribution in [0.5, 0.6) is 17.2 Å². The van der Waals surface area contributed by atoms with Crippen LogP contribution in [0.3, 0.4) is 0 Å². The van der Waals surface area contributed by atoms with Gasteiger partial charge in [-0.1, -0.05) is 53.5 Å². The molecule has 1 atom stereocenters. The maximum Gasteiger partial charge on any atom is 0.142 e. The monoisotopic (exact) mass is 732 g/mol. The molecule has 51 heavy (non-hydrogen) atoms. The molecule has 0 spiro atoms. The number of halogens is 2. The minimum atomic E-state index is -0.514. The van der Waals surface area contributed by atoms with Gasteiger partial charge in [-0.3, -0.25) is 4.98 Å². The first-order chi connectivity index (χ1) is 24.8. The van der Waals surface area contributed by atoms with Crippen LogP contribution in [0, 0.1) is 18.3 Å². The maximum absolute atomic E-state index is 9.92. The van der Waals surface area contributed by atoms with Crippen LogP contribution in [-0.4, -0.2) is 77.8 Å². The zero-order valence-corrected chi connectivity index (χ0v) is 30.1. The maximum atomic E-state index is 9.92. The summed E-state index contributed by atoms with van der Waals surface area (Å²) in [5.41, 5.74) is 5.27. The van der Waals surface area contributed by atoms with Crippen LogP contribution in [0.25, 0.3) is 11.1 Å². The van der Waals surface area contributed by atoms with Crippen LogP contribution in [0.1, 0.15) is 40.7 Å². The summed E-state index contributed by atoms with van der Waals surface area (Å²) < 4.78 is 24.0. The second-order valence-corrected chi connectivity index (χ2v) is 13.9. The molecule has 2 aliphatic heterocycles. The number of ether oxygens (including phenoxy) is 4. The lowest BCUT2D eigenvalue weighted by Crippen LogP contribution is -2.62. The number of nitriles is 1. The van der Waals surface area contributed by atoms with Crippen LogP contribution in [-0.2, 0) is 24.5 Å². The Balaban J connectivity index is 1.16. The van der Waals surface area contributed by atoms with Gasteiger partial charge in [0.2, 0.25) is 0 Å². The molecule has 12 heteroatoms. The SMILES string of the molecule is Cc1c(COc2cc(OCc3cncc(C#N)c3)c(CNC3(CO)COC3)cc2Cl)cccc1-c1cccc(OCCCN2CC[C@@H](O)C2)c1Cl. The summed E-state index contributed by atoms with van der Waals surface area (Å²) in [4.78, 5) is 6.39. The number of aromatic nitrogens is 1. The zero-order valence-electron chi connectivity index (χ0n) is 28.5. The lowest BCUT2D eigenvalue weighted by Gasteiger charge is -2.40. The van der Waals surface area contributed by atoms with Crippen molar-refractivity contribution in [3.63, 3.8) is 0 Å². The Hall–Kier alpha value is -3.92. The van der Waals surface area contributed by atoms with Crippen LogP contribution in [0.15, 0.2) is 67.0 Å². The smallest absolute Gasteiger partial charge is 0.142 e. The Bertz CT molecular complexity index is 1860. The lowest BCUT2D eigenvalue weighted by molar-refractivity contribution is -0.0982. The first-order valence-electron chi connectivity index (χ1n) is 17.0. The molecule has 2 fully saturated rings. The predicted octanol–water partition coefficient (Wildman–Crippen LogP) is 6.08. The number of aliphatic hydroxyl groups is 2. The van der Waals surface area contributed by atoms with E-state index in [0.29, 0.717) is 59.2 Å². The lowest BCUT2D eigenvalue weighted by atomic mass is 9.96. The van der Waals surface area contributed by atoms with Gasteiger partial charge in [-0.2, -0.15) is 5.26 Å². The van der Waals surface area contributed by atoms with E-state index in [1.54, 1.807) is 24.4 Å². The molecule has 0 unspecified atom stereocenters. The van der Waals surface area contributed by atoms with Gasteiger partial charge in [0.15, 0.2) is 0 Å². The first kappa shape index (κ1) is 36.9. The average molecular weight is 734 g/mol. The molecule has 6 rings (SSSR count). The first-order valence-corrected chi connectivity index (χ1v) is 17.8. The van der Waals surface area contributed by atoms with Crippen LogP contribution in [0.2, 0.25) is 10.0 Å². The fraction of sp³-hybridized carbons (Fsp3) is 0.385. The van der Waals surface area contributed by atoms with Gasteiger partial charge in [-0.05, 0) is 54.7 Å². The largest absolute Gasteiger partial charge is 0.492 e. The molecular formula is C39H42Cl2N4O6. The third kappa shape index (κ3) is 9.12. The van der Waals surface area contributed by atoms with Gasteiger partial charge in [-0.15, -0.1) is 0 Å². The molecule has 1 aromatic heterocycles. The second kappa shape index (κ2) is 17.1. The molecule has 3 heterocycles. The number of hydrogen-bond donors (Lipinski definition) is 3. The molecular weight excluding hydrogens is 691 g/mol. The minimum Gasteiger partial charge on any atom is -0.492 e. The van der Waals surface area contributed by atoms with E-state index in [0.717, 1.165) is 65.9 Å². The molecule has 10 nitrogen and oxygen atoms in total. The van der Waals surface area contributed by atoms with Gasteiger partial charge < -0.3 is 39.4 Å². The summed E-state index contributed by atoms with van der Waals surface area (Å²) in [5.74, 6) is 1.63. The normalized spacial score (nSPS) is 16.7. The predicted molar refractivity (Wildman–Crippen MR) is 195 cm³/mol. The Kier molecular flexibility index (Phi) is 12.3. The second-order valence-electron chi connectivity index (χ2n) is 13.1. The van der Waals surface area contributed by atoms with E-state index in [2.05, 4.69) is 21.3 Å². The van der Waals surface area contributed by atoms with Crippen molar-refractivity contribution in [1.29, 1.82) is 5.26 Å². The van der Waals surface area contributed by atoms with Crippen molar-refractivity contribution in [3.05, 3.63) is 105 Å². The Morgan fingerprint density at radius 2 is 1.80 bits per heavy atom. The Morgan fingerprint density at radius 3 is 2.55 bits per heavy atom. The molecule has 0 aliphatic carbocycles. The van der Waals surface area contributed by atoms with Crippen LogP contribution < -0.4 is 19.5 Å². The standard InChI is InChI=1S/C39H42Cl2N4O6/c1-26-29(5-2-6-32(26)33-7-3-8-35(38(33)41)49-12-4-10-45-11-9-31(47)20-45)22-51-37-15-36(50-21-28-13-27(16-42)17-43-18-28)30(14-34(37)40)19-44-39(23-46)24-48-25-39/h2-3,5-8,13-15,17-18,31,44,46-47H,4,9-12,19-25H2,1H3/t31-/m1/s1. The van der Waals surface area contributed by atoms with Crippen molar-refractivity contribution >= 4 is 23.2 Å². The van der Waals surface area contributed by atoms with E-state index in [9.17, 15) is 15.5 Å². The Morgan fingerprint density at radius 1 is 1.00 bits per heavy atom. The number of rotatable bonds is 16. The highest BCUT2D eigenvalue weighted by atomic mass is 35.5. The molecule has 0 radical (unpaired) electrons. The molecule has 0 amide bonds. The van der Waals surface area contributed by atoms with Crippen molar-refractivity contribution in [1.82, 2.24) is 15.2 Å². The van der Waals surface area contributed by atoms with Crippen molar-refractivity contribution in [3.8, 4) is 34.4 Å². The summed E-state index contributed by atoms with van der Waals surface area (Å²) in [5, 5.41) is 33.3. The molecule has 2 saturated heterocycles. The number of pyridine rings is 1. The van der Waals surface area contributed by atoms with Crippen molar-refractivity contribution in [2.45, 2.75) is 51.2 Å². The molecule has 0 bridgehead atoms. The number of likely N-dealkylation sites (tertiary alicyclic amines) is 1. The van der Waals surface area contributed by atoms with Crippen molar-refractivity contribution < 1.29 is 29.2 Å². The number of hydrogen-bond acceptors (Lipinski definition) is 10. The number of benzene rings is 3. The molecule has 3 N–H and O–H groups in total. The number of aliphatic hydroxyl groups excluding tert-OH is 2. The fourth-order valence-corrected chi connectivity index (χ4v) is 6.75. The van der Waals surface area contributed by atoms with Gasteiger partial charge in [-0.25, -0.2) is 0 Å². The average Bonchev–Trinajstić information content (AvgIpc) is 3.54. The van der Waals surface area contributed by atoms with Gasteiger partial charge in [0.25, 0.3) is 0 Å². The Labute approximate surface area is 308 Å². The van der Waals surface area contributed by atoms with Gasteiger partial charge in [0.05, 0.1) is 53.7 Å². The molecule has 4 aromatic rings. The van der Waals surface area contributed by atoms with Gasteiger partial charge >= 0.3 is 0 Å². The topological polar surface area (TPSA) is 129 Å². The minimum absolute atomic E-state index is 0.0585. The van der Waals surface area contributed by atoms with E-state index in [4.69, 9.17) is 42.1 Å². The van der Waals surface area contributed by atoms with E-state index >= 15 is 0 Å². The summed E-state index contributed by atoms with van der Waals surface area (Å²) in [6, 6.07) is 19.2. The quantitative estimate of drug-likeness (QED) is 0.117. The van der Waals surface area contributed by atoms with Crippen molar-refractivity contribution in [2.24, 2.45) is 0 Å². The summed E-state index contributed by atoms with van der Waals surface area (Å²) in [6.45, 7) is 6.65. The highest BCUT2D eigenvalue weighted by Crippen LogP contribution is 2.39. The van der Waals surface area contributed by atoms with Crippen molar-refractivity contribution in [2.75, 3.05) is 46.1 Å². The highest BCUT2D eigenvalue weighted by Gasteiger charge is 2.37. The zero-order chi connectivity index (χ0) is 35.8. The number of nitrogens with one attached hydrogen (secondary N) is 1. The summed E-state index contributed by atoms with van der Waals surface area (Å²) >= 11 is 13.7. The number of nitrogens with zero attached hydrogens (tertiary/aromatic N) is 3. The summed E-state index contributed by atoms with van der Waals surface area (Å²) in [7, 11) is 0. The molecule has 2 aliphatic rings. The van der Waals surface area contributed by atoms with E-state index in [1.807, 2.05) is 43.3 Å². The van der Waals surface area contributed by atoms with E-state index < -0.39 is 5.54 Å².